The van der Waals surface area contributed by atoms with Gasteiger partial charge in [-0.05, 0) is 36.5 Å². The van der Waals surface area contributed by atoms with E-state index < -0.39 is 23.6 Å². The molecule has 0 bridgehead atoms. The zero-order valence-electron chi connectivity index (χ0n) is 14.9. The highest BCUT2D eigenvalue weighted by atomic mass is 19.4. The van der Waals surface area contributed by atoms with Crippen LogP contribution in [0.1, 0.15) is 35.4 Å². The van der Waals surface area contributed by atoms with E-state index >= 15 is 0 Å². The third kappa shape index (κ3) is 3.03. The fraction of sp³-hybridized carbons (Fsp3) is 0.474. The zero-order valence-corrected chi connectivity index (χ0v) is 14.9. The number of alkyl halides is 7. The molecule has 2 atom stereocenters. The molecule has 0 saturated carbocycles. The number of anilines is 1. The molecule has 1 saturated heterocycles. The van der Waals surface area contributed by atoms with Crippen LogP contribution in [-0.4, -0.2) is 34.9 Å². The molecular formula is C19H16F7N3. The summed E-state index contributed by atoms with van der Waals surface area (Å²) in [6.07, 6.45) is -7.58. The Bertz CT molecular complexity index is 881. The topological polar surface area (TPSA) is 29.0 Å². The Hall–Kier alpha value is -2.39. The first-order valence-electron chi connectivity index (χ1n) is 9.03. The summed E-state index contributed by atoms with van der Waals surface area (Å²) in [5.74, 6) is 0.458. The third-order valence-corrected chi connectivity index (χ3v) is 5.79. The van der Waals surface area contributed by atoms with E-state index in [9.17, 15) is 30.7 Å². The zero-order chi connectivity index (χ0) is 21.0. The van der Waals surface area contributed by atoms with Gasteiger partial charge in [-0.25, -0.2) is 14.4 Å². The smallest absolute Gasteiger partial charge is 0.337 e. The van der Waals surface area contributed by atoms with Gasteiger partial charge in [0.25, 0.3) is 0 Å². The second-order valence-corrected chi connectivity index (χ2v) is 7.31. The van der Waals surface area contributed by atoms with Crippen LogP contribution >= 0.6 is 0 Å². The SMILES string of the molecule is FC(F)(F)C(F)(c1ccc2c(c1)CCC1C2CCN1c1ncccn1)C(F)(F)F. The maximum absolute atomic E-state index is 14.4. The molecule has 0 spiro atoms. The number of nitrogens with zero attached hydrogens (tertiary/aromatic N) is 3. The van der Waals surface area contributed by atoms with Gasteiger partial charge in [-0.3, -0.25) is 0 Å². The van der Waals surface area contributed by atoms with E-state index in [0.717, 1.165) is 6.07 Å². The predicted molar refractivity (Wildman–Crippen MR) is 90.2 cm³/mol. The van der Waals surface area contributed by atoms with Crippen molar-refractivity contribution < 1.29 is 30.7 Å². The molecule has 4 rings (SSSR count). The van der Waals surface area contributed by atoms with Crippen molar-refractivity contribution in [2.45, 2.75) is 49.2 Å². The lowest BCUT2D eigenvalue weighted by molar-refractivity contribution is -0.348. The number of hydrogen-bond donors (Lipinski definition) is 0. The lowest BCUT2D eigenvalue weighted by Gasteiger charge is -2.35. The van der Waals surface area contributed by atoms with Crippen molar-refractivity contribution >= 4 is 5.95 Å². The van der Waals surface area contributed by atoms with E-state index in [0.29, 0.717) is 42.5 Å². The molecule has 1 aromatic carbocycles. The van der Waals surface area contributed by atoms with Crippen molar-refractivity contribution in [1.82, 2.24) is 9.97 Å². The van der Waals surface area contributed by atoms with Crippen LogP contribution in [-0.2, 0) is 12.1 Å². The first-order valence-corrected chi connectivity index (χ1v) is 9.03. The van der Waals surface area contributed by atoms with Crippen LogP contribution in [0.15, 0.2) is 36.7 Å². The Morgan fingerprint density at radius 2 is 1.55 bits per heavy atom. The quantitative estimate of drug-likeness (QED) is 0.637. The van der Waals surface area contributed by atoms with Crippen molar-refractivity contribution in [3.05, 3.63) is 53.3 Å². The summed E-state index contributed by atoms with van der Waals surface area (Å²) in [4.78, 5) is 10.5. The van der Waals surface area contributed by atoms with Crippen LogP contribution in [0, 0.1) is 0 Å². The van der Waals surface area contributed by atoms with Crippen molar-refractivity contribution in [3.63, 3.8) is 0 Å². The highest BCUT2D eigenvalue weighted by Crippen LogP contribution is 2.54. The third-order valence-electron chi connectivity index (χ3n) is 5.79. The van der Waals surface area contributed by atoms with Gasteiger partial charge in [0.2, 0.25) is 5.95 Å². The maximum atomic E-state index is 14.4. The van der Waals surface area contributed by atoms with Crippen LogP contribution in [0.2, 0.25) is 0 Å². The van der Waals surface area contributed by atoms with Crippen molar-refractivity contribution in [2.24, 2.45) is 0 Å². The van der Waals surface area contributed by atoms with Crippen LogP contribution in [0.4, 0.5) is 36.7 Å². The second-order valence-electron chi connectivity index (χ2n) is 7.31. The van der Waals surface area contributed by atoms with Gasteiger partial charge in [0.05, 0.1) is 0 Å². The number of rotatable bonds is 2. The van der Waals surface area contributed by atoms with Crippen LogP contribution in [0.3, 0.4) is 0 Å². The lowest BCUT2D eigenvalue weighted by Crippen LogP contribution is -2.50. The summed E-state index contributed by atoms with van der Waals surface area (Å²) < 4.78 is 92.7. The van der Waals surface area contributed by atoms with Crippen LogP contribution in [0.5, 0.6) is 0 Å². The normalized spacial score (nSPS) is 22.4. The molecule has 0 N–H and O–H groups in total. The van der Waals surface area contributed by atoms with Crippen molar-refractivity contribution in [1.29, 1.82) is 0 Å². The van der Waals surface area contributed by atoms with Gasteiger partial charge in [0.1, 0.15) is 0 Å². The average molecular weight is 419 g/mol. The van der Waals surface area contributed by atoms with Gasteiger partial charge in [-0.15, -0.1) is 0 Å². The Morgan fingerprint density at radius 3 is 2.17 bits per heavy atom. The van der Waals surface area contributed by atoms with E-state index in [1.807, 2.05) is 4.90 Å². The lowest BCUT2D eigenvalue weighted by atomic mass is 9.77. The highest BCUT2D eigenvalue weighted by Gasteiger charge is 2.73. The minimum absolute atomic E-state index is 0.00360. The fourth-order valence-corrected chi connectivity index (χ4v) is 4.45. The monoisotopic (exact) mass is 419 g/mol. The standard InChI is InChI=1S/C19H16F7N3/c20-17(18(21,22)23,19(24,25)26)12-3-4-13-11(10-12)2-5-15-14(13)6-9-29(15)16-27-7-1-8-28-16/h1,3-4,7-8,10,14-15H,2,5-6,9H2. The van der Waals surface area contributed by atoms with E-state index in [-0.39, 0.29) is 18.4 Å². The molecule has 1 aliphatic carbocycles. The fourth-order valence-electron chi connectivity index (χ4n) is 4.45. The molecule has 1 aromatic heterocycles. The molecule has 2 unspecified atom stereocenters. The molecule has 1 fully saturated rings. The van der Waals surface area contributed by atoms with Gasteiger partial charge in [0.15, 0.2) is 0 Å². The molecule has 1 aliphatic heterocycles. The molecule has 156 valence electrons. The number of aryl methyl sites for hydroxylation is 1. The Labute approximate surface area is 161 Å². The molecule has 3 nitrogen and oxygen atoms in total. The number of halogens is 7. The predicted octanol–water partition coefficient (Wildman–Crippen LogP) is 5.07. The molecule has 10 heteroatoms. The maximum Gasteiger partial charge on any atom is 0.435 e. The molecule has 2 aromatic rings. The molecule has 2 aliphatic rings. The van der Waals surface area contributed by atoms with E-state index in [1.165, 1.54) is 6.07 Å². The largest absolute Gasteiger partial charge is 0.435 e. The summed E-state index contributed by atoms with van der Waals surface area (Å²) >= 11 is 0. The van der Waals surface area contributed by atoms with Crippen LogP contribution < -0.4 is 4.90 Å². The van der Waals surface area contributed by atoms with Gasteiger partial charge < -0.3 is 4.90 Å². The van der Waals surface area contributed by atoms with Gasteiger partial charge >= 0.3 is 18.0 Å². The molecule has 2 heterocycles. The minimum atomic E-state index is -6.11. The highest BCUT2D eigenvalue weighted by molar-refractivity contribution is 5.46. The van der Waals surface area contributed by atoms with E-state index in [2.05, 4.69) is 9.97 Å². The van der Waals surface area contributed by atoms with Crippen molar-refractivity contribution in [2.75, 3.05) is 11.4 Å². The summed E-state index contributed by atoms with van der Waals surface area (Å²) in [6, 6.07) is 4.23. The van der Waals surface area contributed by atoms with Crippen molar-refractivity contribution in [3.8, 4) is 0 Å². The molecular weight excluding hydrogens is 403 g/mol. The summed E-state index contributed by atoms with van der Waals surface area (Å²) in [7, 11) is 0. The van der Waals surface area contributed by atoms with E-state index in [1.54, 1.807) is 18.5 Å². The Morgan fingerprint density at radius 1 is 0.897 bits per heavy atom. The van der Waals surface area contributed by atoms with Gasteiger partial charge in [0, 0.05) is 36.5 Å². The average Bonchev–Trinajstić information content (AvgIpc) is 3.10. The van der Waals surface area contributed by atoms with Gasteiger partial charge in [-0.1, -0.05) is 18.2 Å². The molecule has 29 heavy (non-hydrogen) atoms. The Kier molecular flexibility index (Phi) is 4.51. The number of aromatic nitrogens is 2. The molecule has 0 amide bonds. The summed E-state index contributed by atoms with van der Waals surface area (Å²) in [6.45, 7) is 0.624. The van der Waals surface area contributed by atoms with Crippen LogP contribution in [0.25, 0.3) is 0 Å². The summed E-state index contributed by atoms with van der Waals surface area (Å²) in [5.41, 5.74) is -5.83. The Balaban J connectivity index is 1.69. The van der Waals surface area contributed by atoms with Gasteiger partial charge in [-0.2, -0.15) is 26.3 Å². The number of benzene rings is 1. The van der Waals surface area contributed by atoms with E-state index in [4.69, 9.17) is 0 Å². The molecule has 0 radical (unpaired) electrons. The minimum Gasteiger partial charge on any atom is -0.337 e. The first-order chi connectivity index (χ1) is 13.5. The summed E-state index contributed by atoms with van der Waals surface area (Å²) in [5, 5.41) is 0. The first kappa shape index (κ1) is 19.9. The number of hydrogen-bond acceptors (Lipinski definition) is 3. The number of fused-ring (bicyclic) bond motifs is 3. The second kappa shape index (κ2) is 6.56.